The van der Waals surface area contributed by atoms with Gasteiger partial charge in [0.15, 0.2) is 23.1 Å². The van der Waals surface area contributed by atoms with E-state index in [2.05, 4.69) is 0 Å². The number of hydrogen-bond donors (Lipinski definition) is 0. The number of rotatable bonds is 2. The van der Waals surface area contributed by atoms with E-state index in [1.54, 1.807) is 24.3 Å². The summed E-state index contributed by atoms with van der Waals surface area (Å²) in [4.78, 5) is 25.6. The number of Topliss-reactive ketones (excluding diaryl/α,β-unsaturated/α-hetero) is 2. The third-order valence-corrected chi connectivity index (χ3v) is 5.88. The van der Waals surface area contributed by atoms with Crippen molar-refractivity contribution in [3.63, 3.8) is 0 Å². The first kappa shape index (κ1) is 19.6. The summed E-state index contributed by atoms with van der Waals surface area (Å²) in [5.74, 6) is -0.631. The van der Waals surface area contributed by atoms with Crippen molar-refractivity contribution >= 4 is 17.6 Å². The number of methoxy groups -OCH3 is 1. The Balaban J connectivity index is 1.65. The Hall–Kier alpha value is -3.35. The van der Waals surface area contributed by atoms with Crippen molar-refractivity contribution in [1.82, 2.24) is 0 Å². The third kappa shape index (κ3) is 2.91. The van der Waals surface area contributed by atoms with Crippen LogP contribution < -0.4 is 18.9 Å². The van der Waals surface area contributed by atoms with E-state index < -0.39 is 23.4 Å². The van der Waals surface area contributed by atoms with Crippen LogP contribution in [-0.2, 0) is 0 Å². The molecule has 0 N–H and O–H groups in total. The highest BCUT2D eigenvalue weighted by Gasteiger charge is 2.45. The lowest BCUT2D eigenvalue weighted by atomic mass is 9.80. The molecule has 0 saturated carbocycles. The summed E-state index contributed by atoms with van der Waals surface area (Å²) < 4.78 is 38.0. The second kappa shape index (κ2) is 6.57. The molecule has 0 fully saturated rings. The second-order valence-electron chi connectivity index (χ2n) is 8.47. The smallest absolute Gasteiger partial charge is 0.178 e. The molecular formula is C24H21FO6. The fourth-order valence-corrected chi connectivity index (χ4v) is 4.37. The first-order valence-electron chi connectivity index (χ1n) is 10.0. The fourth-order valence-electron chi connectivity index (χ4n) is 4.37. The number of halogens is 1. The van der Waals surface area contributed by atoms with Gasteiger partial charge in [-0.1, -0.05) is 0 Å². The van der Waals surface area contributed by atoms with E-state index in [1.165, 1.54) is 20.1 Å². The highest BCUT2D eigenvalue weighted by molar-refractivity contribution is 6.07. The summed E-state index contributed by atoms with van der Waals surface area (Å²) in [6, 6.07) is 4.39. The average Bonchev–Trinajstić information content (AvgIpc) is 2.73. The third-order valence-electron chi connectivity index (χ3n) is 5.88. The van der Waals surface area contributed by atoms with Gasteiger partial charge in [0.1, 0.15) is 35.6 Å². The first-order chi connectivity index (χ1) is 14.7. The zero-order chi connectivity index (χ0) is 22.1. The van der Waals surface area contributed by atoms with Crippen LogP contribution in [0.4, 0.5) is 4.39 Å². The highest BCUT2D eigenvalue weighted by atomic mass is 19.1. The number of benzene rings is 2. The Morgan fingerprint density at radius 3 is 2.71 bits per heavy atom. The zero-order valence-electron chi connectivity index (χ0n) is 17.6. The number of ketones is 2. The number of ether oxygens (including phenoxy) is 4. The standard InChI is InChI=1S/C24H21FO6/c1-11(26)13-7-14-18(9-17(13)28-4)29-10-19-20(14)21(27)15-8-16(25)23-12(22(15)30-19)5-6-24(2,3)31-23/h5-9,19-20H,10H2,1-4H3. The SMILES string of the molecule is COc1cc2c(cc1C(C)=O)C1C(=O)c3cc(F)c4c(c3OC1CO2)C=CC(C)(C)O4. The molecule has 2 unspecified atom stereocenters. The lowest BCUT2D eigenvalue weighted by Crippen LogP contribution is -2.43. The monoisotopic (exact) mass is 424 g/mol. The van der Waals surface area contributed by atoms with Crippen LogP contribution in [0.3, 0.4) is 0 Å². The van der Waals surface area contributed by atoms with Gasteiger partial charge in [-0.15, -0.1) is 0 Å². The van der Waals surface area contributed by atoms with Crippen molar-refractivity contribution in [2.45, 2.75) is 38.4 Å². The van der Waals surface area contributed by atoms with E-state index in [0.717, 1.165) is 0 Å². The van der Waals surface area contributed by atoms with Crippen molar-refractivity contribution < 1.29 is 32.9 Å². The summed E-state index contributed by atoms with van der Waals surface area (Å²) in [6.45, 7) is 5.20. The van der Waals surface area contributed by atoms with Crippen LogP contribution in [0, 0.1) is 5.82 Å². The van der Waals surface area contributed by atoms with Crippen LogP contribution in [0.25, 0.3) is 6.08 Å². The first-order valence-corrected chi connectivity index (χ1v) is 10.0. The van der Waals surface area contributed by atoms with Crippen LogP contribution in [0.2, 0.25) is 0 Å². The largest absolute Gasteiger partial charge is 0.496 e. The molecule has 0 aliphatic carbocycles. The van der Waals surface area contributed by atoms with Crippen molar-refractivity contribution in [3.8, 4) is 23.0 Å². The molecular weight excluding hydrogens is 403 g/mol. The Labute approximate surface area is 178 Å². The van der Waals surface area contributed by atoms with Gasteiger partial charge in [-0.25, -0.2) is 4.39 Å². The van der Waals surface area contributed by atoms with Crippen molar-refractivity contribution in [1.29, 1.82) is 0 Å². The zero-order valence-corrected chi connectivity index (χ0v) is 17.6. The molecule has 5 rings (SSSR count). The lowest BCUT2D eigenvalue weighted by Gasteiger charge is -2.39. The Morgan fingerprint density at radius 1 is 1.23 bits per heavy atom. The van der Waals surface area contributed by atoms with E-state index in [0.29, 0.717) is 33.9 Å². The molecule has 160 valence electrons. The average molecular weight is 424 g/mol. The van der Waals surface area contributed by atoms with E-state index >= 15 is 0 Å². The summed E-state index contributed by atoms with van der Waals surface area (Å²) in [7, 11) is 1.47. The van der Waals surface area contributed by atoms with E-state index in [-0.39, 0.29) is 29.5 Å². The molecule has 0 spiro atoms. The van der Waals surface area contributed by atoms with Gasteiger partial charge in [0, 0.05) is 11.6 Å². The molecule has 3 aliphatic heterocycles. The number of carbonyl (C=O) groups is 2. The number of hydrogen-bond acceptors (Lipinski definition) is 6. The minimum Gasteiger partial charge on any atom is -0.496 e. The van der Waals surface area contributed by atoms with E-state index in [4.69, 9.17) is 18.9 Å². The van der Waals surface area contributed by atoms with Gasteiger partial charge in [0.05, 0.1) is 29.7 Å². The molecule has 0 aromatic heterocycles. The molecule has 0 radical (unpaired) electrons. The highest BCUT2D eigenvalue weighted by Crippen LogP contribution is 2.49. The minimum atomic E-state index is -0.720. The molecule has 0 saturated heterocycles. The van der Waals surface area contributed by atoms with Gasteiger partial charge < -0.3 is 18.9 Å². The summed E-state index contributed by atoms with van der Waals surface area (Å²) in [5.41, 5.74) is 0.769. The maximum Gasteiger partial charge on any atom is 0.178 e. The Kier molecular flexibility index (Phi) is 4.16. The van der Waals surface area contributed by atoms with Gasteiger partial charge in [-0.05, 0) is 45.1 Å². The molecule has 2 atom stereocenters. The Morgan fingerprint density at radius 2 is 2.00 bits per heavy atom. The lowest BCUT2D eigenvalue weighted by molar-refractivity contribution is 0.0550. The van der Waals surface area contributed by atoms with Crippen LogP contribution in [0.1, 0.15) is 58.5 Å². The molecule has 0 amide bonds. The van der Waals surface area contributed by atoms with Crippen LogP contribution >= 0.6 is 0 Å². The normalized spacial score (nSPS) is 22.0. The molecule has 6 nitrogen and oxygen atoms in total. The van der Waals surface area contributed by atoms with Crippen molar-refractivity contribution in [2.24, 2.45) is 0 Å². The van der Waals surface area contributed by atoms with Gasteiger partial charge in [0.2, 0.25) is 0 Å². The summed E-state index contributed by atoms with van der Waals surface area (Å²) in [6.07, 6.45) is 2.91. The Bertz CT molecular complexity index is 1180. The van der Waals surface area contributed by atoms with Gasteiger partial charge in [-0.2, -0.15) is 0 Å². The minimum absolute atomic E-state index is 0.0678. The maximum atomic E-state index is 14.9. The molecule has 7 heteroatoms. The topological polar surface area (TPSA) is 71.1 Å². The van der Waals surface area contributed by atoms with Gasteiger partial charge >= 0.3 is 0 Å². The van der Waals surface area contributed by atoms with Crippen molar-refractivity contribution in [3.05, 3.63) is 52.3 Å². The van der Waals surface area contributed by atoms with Crippen LogP contribution in [0.5, 0.6) is 23.0 Å². The predicted molar refractivity (Wildman–Crippen MR) is 110 cm³/mol. The van der Waals surface area contributed by atoms with Crippen LogP contribution in [-0.4, -0.2) is 37.0 Å². The summed E-state index contributed by atoms with van der Waals surface area (Å²) >= 11 is 0. The van der Waals surface area contributed by atoms with Gasteiger partial charge in [-0.3, -0.25) is 9.59 Å². The van der Waals surface area contributed by atoms with E-state index in [1.807, 2.05) is 13.8 Å². The predicted octanol–water partition coefficient (Wildman–Crippen LogP) is 4.34. The molecule has 2 aromatic rings. The number of fused-ring (bicyclic) bond motifs is 6. The van der Waals surface area contributed by atoms with Crippen molar-refractivity contribution in [2.75, 3.05) is 13.7 Å². The molecule has 2 aromatic carbocycles. The molecule has 3 aliphatic rings. The fraction of sp³-hybridized carbons (Fsp3) is 0.333. The molecule has 31 heavy (non-hydrogen) atoms. The summed E-state index contributed by atoms with van der Waals surface area (Å²) in [5, 5.41) is 0. The number of carbonyl (C=O) groups excluding carboxylic acids is 2. The van der Waals surface area contributed by atoms with Gasteiger partial charge in [0.25, 0.3) is 0 Å². The molecule has 3 heterocycles. The van der Waals surface area contributed by atoms with Crippen LogP contribution in [0.15, 0.2) is 24.3 Å². The maximum absolute atomic E-state index is 14.9. The van der Waals surface area contributed by atoms with E-state index in [9.17, 15) is 14.0 Å². The molecule has 0 bridgehead atoms. The quantitative estimate of drug-likeness (QED) is 0.668. The second-order valence-corrected chi connectivity index (χ2v) is 8.47.